The van der Waals surface area contributed by atoms with E-state index in [4.69, 9.17) is 4.74 Å². The first kappa shape index (κ1) is 15.6. The fourth-order valence-corrected chi connectivity index (χ4v) is 2.86. The Kier molecular flexibility index (Phi) is 4.93. The molecular weight excluding hydrogens is 288 g/mol. The Balaban J connectivity index is 1.53. The van der Waals surface area contributed by atoms with Crippen molar-refractivity contribution in [1.29, 1.82) is 0 Å². The number of carbonyl (C=O) groups is 1. The number of nitrogens with zero attached hydrogens (tertiary/aromatic N) is 2. The second-order valence-corrected chi connectivity index (χ2v) is 5.77. The predicted octanol–water partition coefficient (Wildman–Crippen LogP) is 2.55. The normalized spacial score (nSPS) is 15.6. The van der Waals surface area contributed by atoms with Gasteiger partial charge in [-0.15, -0.1) is 6.58 Å². The van der Waals surface area contributed by atoms with Crippen molar-refractivity contribution in [3.63, 3.8) is 0 Å². The molecule has 1 heterocycles. The summed E-state index contributed by atoms with van der Waals surface area (Å²) >= 11 is 0. The van der Waals surface area contributed by atoms with Crippen molar-refractivity contribution in [3.05, 3.63) is 55.1 Å². The Labute approximate surface area is 136 Å². The summed E-state index contributed by atoms with van der Waals surface area (Å²) in [5.41, 5.74) is 0. The predicted molar refractivity (Wildman–Crippen MR) is 92.7 cm³/mol. The fourth-order valence-electron chi connectivity index (χ4n) is 2.86. The molecule has 2 aromatic carbocycles. The van der Waals surface area contributed by atoms with Crippen LogP contribution >= 0.6 is 0 Å². The molecule has 2 aromatic rings. The molecular formula is C19H22N2O2. The lowest BCUT2D eigenvalue weighted by molar-refractivity contribution is -0.135. The molecule has 3 rings (SSSR count). The topological polar surface area (TPSA) is 32.8 Å². The van der Waals surface area contributed by atoms with Gasteiger partial charge in [0.15, 0.2) is 6.61 Å². The van der Waals surface area contributed by atoms with Crippen molar-refractivity contribution in [1.82, 2.24) is 9.80 Å². The van der Waals surface area contributed by atoms with E-state index in [1.165, 1.54) is 5.39 Å². The number of piperazine rings is 1. The van der Waals surface area contributed by atoms with Crippen molar-refractivity contribution in [2.45, 2.75) is 0 Å². The second-order valence-electron chi connectivity index (χ2n) is 5.77. The quantitative estimate of drug-likeness (QED) is 0.796. The molecule has 0 N–H and O–H groups in total. The molecule has 0 atom stereocenters. The van der Waals surface area contributed by atoms with Gasteiger partial charge in [-0.1, -0.05) is 36.4 Å². The van der Waals surface area contributed by atoms with Crippen LogP contribution in [0.25, 0.3) is 10.8 Å². The summed E-state index contributed by atoms with van der Waals surface area (Å²) in [6, 6.07) is 14.0. The van der Waals surface area contributed by atoms with E-state index in [1.807, 2.05) is 47.4 Å². The smallest absolute Gasteiger partial charge is 0.260 e. The molecule has 23 heavy (non-hydrogen) atoms. The summed E-state index contributed by atoms with van der Waals surface area (Å²) in [7, 11) is 0. The summed E-state index contributed by atoms with van der Waals surface area (Å²) in [5.74, 6) is 0.791. The highest BCUT2D eigenvalue weighted by Crippen LogP contribution is 2.20. The van der Waals surface area contributed by atoms with E-state index >= 15 is 0 Å². The maximum Gasteiger partial charge on any atom is 0.260 e. The zero-order valence-electron chi connectivity index (χ0n) is 13.3. The van der Waals surface area contributed by atoms with Crippen LogP contribution in [0.5, 0.6) is 5.75 Å². The van der Waals surface area contributed by atoms with E-state index in [9.17, 15) is 4.79 Å². The molecule has 0 bridgehead atoms. The lowest BCUT2D eigenvalue weighted by Gasteiger charge is -2.34. The van der Waals surface area contributed by atoms with E-state index in [0.717, 1.165) is 43.9 Å². The summed E-state index contributed by atoms with van der Waals surface area (Å²) in [4.78, 5) is 16.4. The summed E-state index contributed by atoms with van der Waals surface area (Å²) < 4.78 is 5.68. The van der Waals surface area contributed by atoms with Crippen LogP contribution in [0.2, 0.25) is 0 Å². The van der Waals surface area contributed by atoms with Crippen molar-refractivity contribution in [2.24, 2.45) is 0 Å². The molecule has 4 nitrogen and oxygen atoms in total. The third-order valence-electron chi connectivity index (χ3n) is 4.20. The molecule has 120 valence electrons. The minimum Gasteiger partial charge on any atom is -0.484 e. The van der Waals surface area contributed by atoms with Crippen LogP contribution in [0.1, 0.15) is 0 Å². The van der Waals surface area contributed by atoms with Gasteiger partial charge in [0.25, 0.3) is 5.91 Å². The average molecular weight is 310 g/mol. The van der Waals surface area contributed by atoms with Gasteiger partial charge in [-0.05, 0) is 22.9 Å². The molecule has 1 fully saturated rings. The van der Waals surface area contributed by atoms with E-state index in [-0.39, 0.29) is 12.5 Å². The number of carbonyl (C=O) groups excluding carboxylic acids is 1. The largest absolute Gasteiger partial charge is 0.484 e. The van der Waals surface area contributed by atoms with Gasteiger partial charge < -0.3 is 9.64 Å². The van der Waals surface area contributed by atoms with Crippen molar-refractivity contribution in [2.75, 3.05) is 39.3 Å². The van der Waals surface area contributed by atoms with Crippen LogP contribution < -0.4 is 4.74 Å². The SMILES string of the molecule is C=CCN1CCN(C(=O)COc2ccc3ccccc3c2)CC1. The fraction of sp³-hybridized carbons (Fsp3) is 0.316. The van der Waals surface area contributed by atoms with Crippen LogP contribution in [-0.2, 0) is 4.79 Å². The zero-order chi connectivity index (χ0) is 16.1. The van der Waals surface area contributed by atoms with E-state index in [1.54, 1.807) is 0 Å². The number of hydrogen-bond acceptors (Lipinski definition) is 3. The minimum atomic E-state index is 0.0522. The molecule has 0 aromatic heterocycles. The van der Waals surface area contributed by atoms with Gasteiger partial charge in [0.2, 0.25) is 0 Å². The van der Waals surface area contributed by atoms with Gasteiger partial charge in [0, 0.05) is 32.7 Å². The van der Waals surface area contributed by atoms with Gasteiger partial charge in [-0.2, -0.15) is 0 Å². The van der Waals surface area contributed by atoms with Gasteiger partial charge >= 0.3 is 0 Å². The molecule has 0 radical (unpaired) electrons. The van der Waals surface area contributed by atoms with Crippen molar-refractivity contribution < 1.29 is 9.53 Å². The Morgan fingerprint density at radius 2 is 1.83 bits per heavy atom. The highest BCUT2D eigenvalue weighted by molar-refractivity contribution is 5.84. The number of rotatable bonds is 5. The maximum absolute atomic E-state index is 12.3. The number of hydrogen-bond donors (Lipinski definition) is 0. The lowest BCUT2D eigenvalue weighted by Crippen LogP contribution is -2.49. The first-order valence-corrected chi connectivity index (χ1v) is 7.99. The standard InChI is InChI=1S/C19H22N2O2/c1-2-9-20-10-12-21(13-11-20)19(22)15-23-18-8-7-16-5-3-4-6-17(16)14-18/h2-8,14H,1,9-13,15H2. The lowest BCUT2D eigenvalue weighted by atomic mass is 10.1. The summed E-state index contributed by atoms with van der Waals surface area (Å²) in [6.07, 6.45) is 1.90. The molecule has 0 aliphatic carbocycles. The molecule has 1 aliphatic rings. The van der Waals surface area contributed by atoms with E-state index < -0.39 is 0 Å². The Morgan fingerprint density at radius 1 is 1.09 bits per heavy atom. The van der Waals surface area contributed by atoms with Crippen molar-refractivity contribution >= 4 is 16.7 Å². The van der Waals surface area contributed by atoms with Gasteiger partial charge in [0.05, 0.1) is 0 Å². The van der Waals surface area contributed by atoms with Crippen LogP contribution in [0.3, 0.4) is 0 Å². The van der Waals surface area contributed by atoms with Crippen LogP contribution in [0, 0.1) is 0 Å². The maximum atomic E-state index is 12.3. The monoisotopic (exact) mass is 310 g/mol. The van der Waals surface area contributed by atoms with Gasteiger partial charge in [-0.3, -0.25) is 9.69 Å². The minimum absolute atomic E-state index is 0.0522. The molecule has 4 heteroatoms. The molecule has 0 spiro atoms. The third-order valence-corrected chi connectivity index (χ3v) is 4.20. The van der Waals surface area contributed by atoms with Gasteiger partial charge in [0.1, 0.15) is 5.75 Å². The average Bonchev–Trinajstić information content (AvgIpc) is 2.60. The van der Waals surface area contributed by atoms with Crippen LogP contribution in [0.4, 0.5) is 0 Å². The Bertz CT molecular complexity index is 691. The molecule has 1 saturated heterocycles. The number of benzene rings is 2. The first-order valence-electron chi connectivity index (χ1n) is 7.99. The highest BCUT2D eigenvalue weighted by Gasteiger charge is 2.20. The molecule has 0 saturated carbocycles. The van der Waals surface area contributed by atoms with Gasteiger partial charge in [-0.25, -0.2) is 0 Å². The summed E-state index contributed by atoms with van der Waals surface area (Å²) in [5, 5.41) is 2.29. The number of fused-ring (bicyclic) bond motifs is 1. The highest BCUT2D eigenvalue weighted by atomic mass is 16.5. The Hall–Kier alpha value is -2.33. The zero-order valence-corrected chi connectivity index (χ0v) is 13.3. The van der Waals surface area contributed by atoms with Crippen LogP contribution in [-0.4, -0.2) is 55.0 Å². The number of ether oxygens (including phenoxy) is 1. The second kappa shape index (κ2) is 7.29. The first-order chi connectivity index (χ1) is 11.3. The van der Waals surface area contributed by atoms with E-state index in [2.05, 4.69) is 17.5 Å². The number of amides is 1. The van der Waals surface area contributed by atoms with E-state index in [0.29, 0.717) is 0 Å². The van der Waals surface area contributed by atoms with Crippen LogP contribution in [0.15, 0.2) is 55.1 Å². The summed E-state index contributed by atoms with van der Waals surface area (Å²) in [6.45, 7) is 8.04. The molecule has 0 unspecified atom stereocenters. The molecule has 1 aliphatic heterocycles. The molecule has 1 amide bonds. The van der Waals surface area contributed by atoms with Crippen molar-refractivity contribution in [3.8, 4) is 5.75 Å². The third kappa shape index (κ3) is 3.90. The Morgan fingerprint density at radius 3 is 2.57 bits per heavy atom.